The van der Waals surface area contributed by atoms with Crippen LogP contribution >= 0.6 is 0 Å². The summed E-state index contributed by atoms with van der Waals surface area (Å²) < 4.78 is 111. The predicted molar refractivity (Wildman–Crippen MR) is 123 cm³/mol. The van der Waals surface area contributed by atoms with E-state index in [9.17, 15) is 40.2 Å². The average molecular weight is 549 g/mol. The van der Waals surface area contributed by atoms with Crippen molar-refractivity contribution < 1.29 is 49.8 Å². The third kappa shape index (κ3) is 7.06. The molecule has 0 fully saturated rings. The van der Waals surface area contributed by atoms with Gasteiger partial charge in [0, 0.05) is 11.6 Å². The minimum Gasteiger partial charge on any atom is -0.457 e. The quantitative estimate of drug-likeness (QED) is 0.217. The summed E-state index contributed by atoms with van der Waals surface area (Å²) >= 11 is 0. The molecule has 0 aliphatic heterocycles. The monoisotopic (exact) mass is 549 g/mol. The van der Waals surface area contributed by atoms with Crippen molar-refractivity contribution in [2.75, 3.05) is 11.6 Å². The van der Waals surface area contributed by atoms with Gasteiger partial charge in [0.05, 0.1) is 12.2 Å². The van der Waals surface area contributed by atoms with Gasteiger partial charge in [0.25, 0.3) is 0 Å². The third-order valence-electron chi connectivity index (χ3n) is 5.35. The van der Waals surface area contributed by atoms with Gasteiger partial charge < -0.3 is 14.7 Å². The molecule has 4 nitrogen and oxygen atoms in total. The Morgan fingerprint density at radius 2 is 1.34 bits per heavy atom. The second-order valence-electron chi connectivity index (χ2n) is 8.64. The van der Waals surface area contributed by atoms with Crippen molar-refractivity contribution in [3.63, 3.8) is 0 Å². The fraction of sp³-hybridized carbons (Fsp3) is 0.308. The van der Waals surface area contributed by atoms with Gasteiger partial charge in [-0.15, -0.1) is 0 Å². The van der Waals surface area contributed by atoms with E-state index in [4.69, 9.17) is 9.57 Å². The van der Waals surface area contributed by atoms with Gasteiger partial charge in [0.2, 0.25) is 0 Å². The first-order valence-corrected chi connectivity index (χ1v) is 11.2. The highest BCUT2D eigenvalue weighted by Gasteiger charge is 2.58. The van der Waals surface area contributed by atoms with Crippen LogP contribution in [0.25, 0.3) is 0 Å². The van der Waals surface area contributed by atoms with Crippen molar-refractivity contribution in [2.45, 2.75) is 44.1 Å². The first-order chi connectivity index (χ1) is 17.6. The first-order valence-electron chi connectivity index (χ1n) is 11.2. The van der Waals surface area contributed by atoms with E-state index >= 15 is 0 Å². The van der Waals surface area contributed by atoms with Crippen LogP contribution in [0.4, 0.5) is 40.8 Å². The molecule has 206 valence electrons. The molecule has 0 saturated carbocycles. The smallest absolute Gasteiger partial charge is 0.457 e. The largest absolute Gasteiger partial charge is 0.458 e. The Balaban J connectivity index is 1.94. The molecule has 0 spiro atoms. The minimum absolute atomic E-state index is 0.0983. The maximum absolute atomic E-state index is 13.8. The molecule has 0 aliphatic rings. The zero-order valence-electron chi connectivity index (χ0n) is 20.0. The molecule has 0 radical (unpaired) electrons. The van der Waals surface area contributed by atoms with Gasteiger partial charge in [-0.25, -0.2) is 5.06 Å². The predicted octanol–water partition coefficient (Wildman–Crippen LogP) is 7.98. The molecule has 12 heteroatoms. The molecule has 3 aromatic carbocycles. The summed E-state index contributed by atoms with van der Waals surface area (Å²) in [5.74, 6) is -5.06. The number of benzene rings is 3. The summed E-state index contributed by atoms with van der Waals surface area (Å²) in [4.78, 5) is 5.29. The molecule has 0 saturated heterocycles. The average Bonchev–Trinajstić information content (AvgIpc) is 2.83. The van der Waals surface area contributed by atoms with Crippen LogP contribution in [0.2, 0.25) is 0 Å². The van der Waals surface area contributed by atoms with Crippen molar-refractivity contribution >= 4 is 5.69 Å². The minimum atomic E-state index is -5.91. The number of nitrogens with zero attached hydrogens (tertiary/aromatic N) is 1. The van der Waals surface area contributed by atoms with Crippen molar-refractivity contribution in [3.8, 4) is 17.2 Å². The van der Waals surface area contributed by atoms with Crippen LogP contribution in [0.5, 0.6) is 17.2 Å². The van der Waals surface area contributed by atoms with Crippen LogP contribution in [-0.2, 0) is 5.92 Å². The topological polar surface area (TPSA) is 41.9 Å². The highest BCUT2D eigenvalue weighted by molar-refractivity contribution is 5.51. The SMILES string of the molecule is CC(C)c1cccc(Oc2cccc(N(C[C@H](O)C(F)(F)F)Oc3cccc(C(F)(F)C(F)(F)F)c3)c2)c1. The van der Waals surface area contributed by atoms with E-state index in [1.165, 1.54) is 24.3 Å². The molecule has 0 aromatic heterocycles. The molecular formula is C26H23F8NO3. The number of aliphatic hydroxyl groups excluding tert-OH is 1. The number of hydroxylamine groups is 1. The Kier molecular flexibility index (Phi) is 8.45. The van der Waals surface area contributed by atoms with Crippen molar-refractivity contribution in [1.29, 1.82) is 0 Å². The number of hydrogen-bond donors (Lipinski definition) is 1. The lowest BCUT2D eigenvalue weighted by Crippen LogP contribution is -2.42. The number of rotatable bonds is 9. The van der Waals surface area contributed by atoms with Crippen LogP contribution in [0.1, 0.15) is 30.9 Å². The molecule has 0 heterocycles. The number of halogens is 8. The second-order valence-corrected chi connectivity index (χ2v) is 8.64. The molecule has 1 N–H and O–H groups in total. The molecule has 1 atom stereocenters. The number of hydrogen-bond acceptors (Lipinski definition) is 4. The molecular weight excluding hydrogens is 526 g/mol. The Hall–Kier alpha value is -3.54. The normalized spacial score (nSPS) is 13.4. The van der Waals surface area contributed by atoms with Gasteiger partial charge in [-0.05, 0) is 47.9 Å². The summed E-state index contributed by atoms with van der Waals surface area (Å²) in [5.41, 5.74) is -0.604. The molecule has 3 aromatic rings. The summed E-state index contributed by atoms with van der Waals surface area (Å²) in [7, 11) is 0. The van der Waals surface area contributed by atoms with Crippen LogP contribution in [0.3, 0.4) is 0 Å². The van der Waals surface area contributed by atoms with Crippen LogP contribution in [0.15, 0.2) is 72.8 Å². The zero-order chi connectivity index (χ0) is 28.3. The van der Waals surface area contributed by atoms with Crippen LogP contribution in [0, 0.1) is 0 Å². The standard InChI is InChI=1S/C26H23F8NO3/c1-16(2)17-6-3-9-20(12-17)37-21-10-5-8-19(14-21)35(15-23(36)25(29,30)31)38-22-11-4-7-18(13-22)24(27,28)26(32,33)34/h3-14,16,23,36H,15H2,1-2H3/t23-/m0/s1. The van der Waals surface area contributed by atoms with E-state index in [1.807, 2.05) is 19.9 Å². The second kappa shape index (κ2) is 11.1. The Bertz CT molecular complexity index is 1230. The van der Waals surface area contributed by atoms with E-state index in [1.54, 1.807) is 18.2 Å². The molecule has 0 bridgehead atoms. The first kappa shape index (κ1) is 29.0. The Morgan fingerprint density at radius 3 is 1.95 bits per heavy atom. The lowest BCUT2D eigenvalue weighted by molar-refractivity contribution is -0.289. The van der Waals surface area contributed by atoms with Crippen molar-refractivity contribution in [3.05, 3.63) is 83.9 Å². The summed E-state index contributed by atoms with van der Waals surface area (Å²) in [5, 5.41) is 10.2. The zero-order valence-corrected chi connectivity index (χ0v) is 20.0. The molecule has 0 aliphatic carbocycles. The number of alkyl halides is 8. The summed E-state index contributed by atoms with van der Waals surface area (Å²) in [6.45, 7) is 2.72. The lowest BCUT2D eigenvalue weighted by atomic mass is 10.0. The highest BCUT2D eigenvalue weighted by Crippen LogP contribution is 2.44. The fourth-order valence-electron chi connectivity index (χ4n) is 3.27. The maximum atomic E-state index is 13.8. The van der Waals surface area contributed by atoms with Gasteiger partial charge in [-0.2, -0.15) is 35.1 Å². The Labute approximate surface area is 213 Å². The number of aliphatic hydroxyl groups is 1. The Morgan fingerprint density at radius 1 is 0.763 bits per heavy atom. The van der Waals surface area contributed by atoms with Crippen LogP contribution in [-0.4, -0.2) is 30.1 Å². The summed E-state index contributed by atoms with van der Waals surface area (Å²) in [6, 6.07) is 15.2. The van der Waals surface area contributed by atoms with E-state index in [2.05, 4.69) is 0 Å². The van der Waals surface area contributed by atoms with Gasteiger partial charge >= 0.3 is 18.3 Å². The maximum Gasteiger partial charge on any atom is 0.458 e. The molecule has 0 amide bonds. The molecule has 0 unspecified atom stereocenters. The van der Waals surface area contributed by atoms with Crippen LogP contribution < -0.4 is 14.6 Å². The van der Waals surface area contributed by atoms with Gasteiger partial charge in [0.1, 0.15) is 11.5 Å². The summed E-state index contributed by atoms with van der Waals surface area (Å²) in [6.07, 6.45) is -13.9. The van der Waals surface area contributed by atoms with Gasteiger partial charge in [0.15, 0.2) is 11.9 Å². The molecule has 3 rings (SSSR count). The highest BCUT2D eigenvalue weighted by atomic mass is 19.4. The number of anilines is 1. The van der Waals surface area contributed by atoms with E-state index < -0.39 is 42.2 Å². The van der Waals surface area contributed by atoms with Crippen molar-refractivity contribution in [2.24, 2.45) is 0 Å². The van der Waals surface area contributed by atoms with Gasteiger partial charge in [-0.1, -0.05) is 44.2 Å². The van der Waals surface area contributed by atoms with E-state index in [-0.39, 0.29) is 17.4 Å². The fourth-order valence-corrected chi connectivity index (χ4v) is 3.27. The van der Waals surface area contributed by atoms with Gasteiger partial charge in [-0.3, -0.25) is 0 Å². The lowest BCUT2D eigenvalue weighted by Gasteiger charge is -2.28. The third-order valence-corrected chi connectivity index (χ3v) is 5.35. The number of ether oxygens (including phenoxy) is 1. The molecule has 38 heavy (non-hydrogen) atoms. The van der Waals surface area contributed by atoms with Crippen molar-refractivity contribution in [1.82, 2.24) is 0 Å². The van der Waals surface area contributed by atoms with E-state index in [0.29, 0.717) is 22.9 Å². The van der Waals surface area contributed by atoms with E-state index in [0.717, 1.165) is 17.7 Å².